The van der Waals surface area contributed by atoms with Crippen LogP contribution >= 0.6 is 0 Å². The molecule has 1 aromatic carbocycles. The van der Waals surface area contributed by atoms with Crippen molar-refractivity contribution >= 4 is 11.6 Å². The van der Waals surface area contributed by atoms with Crippen molar-refractivity contribution < 1.29 is 0 Å². The molecular formula is C14H22N4. The van der Waals surface area contributed by atoms with Crippen LogP contribution < -0.4 is 16.6 Å². The Morgan fingerprint density at radius 1 is 1.33 bits per heavy atom. The van der Waals surface area contributed by atoms with Gasteiger partial charge in [-0.1, -0.05) is 19.9 Å². The Morgan fingerprint density at radius 3 is 2.83 bits per heavy atom. The number of fused-ring (bicyclic) bond motifs is 1. The zero-order chi connectivity index (χ0) is 13.0. The summed E-state index contributed by atoms with van der Waals surface area (Å²) in [5.74, 6) is 6.63. The third-order valence-corrected chi connectivity index (χ3v) is 3.11. The molecule has 4 heteroatoms. The van der Waals surface area contributed by atoms with Crippen molar-refractivity contribution in [3.05, 3.63) is 29.3 Å². The van der Waals surface area contributed by atoms with E-state index >= 15 is 0 Å². The molecule has 98 valence electrons. The first-order valence-electron chi connectivity index (χ1n) is 6.59. The molecule has 2 rings (SSSR count). The normalized spacial score (nSPS) is 14.8. The Morgan fingerprint density at radius 2 is 2.11 bits per heavy atom. The Labute approximate surface area is 109 Å². The van der Waals surface area contributed by atoms with Crippen molar-refractivity contribution in [2.45, 2.75) is 33.1 Å². The van der Waals surface area contributed by atoms with Gasteiger partial charge in [-0.05, 0) is 48.4 Å². The molecule has 4 N–H and O–H groups in total. The molecular weight excluding hydrogens is 224 g/mol. The van der Waals surface area contributed by atoms with Gasteiger partial charge in [0.1, 0.15) is 0 Å². The summed E-state index contributed by atoms with van der Waals surface area (Å²) in [6, 6.07) is 6.48. The maximum absolute atomic E-state index is 5.48. The highest BCUT2D eigenvalue weighted by atomic mass is 15.3. The van der Waals surface area contributed by atoms with Crippen molar-refractivity contribution in [2.75, 3.05) is 11.9 Å². The lowest BCUT2D eigenvalue weighted by atomic mass is 10.1. The van der Waals surface area contributed by atoms with E-state index in [0.717, 1.165) is 12.2 Å². The molecule has 0 atom stereocenters. The summed E-state index contributed by atoms with van der Waals surface area (Å²) < 4.78 is 0. The third kappa shape index (κ3) is 3.23. The number of aliphatic imine (C=N–C) groups is 1. The first-order valence-corrected chi connectivity index (χ1v) is 6.59. The van der Waals surface area contributed by atoms with Crippen LogP contribution in [0.2, 0.25) is 0 Å². The maximum Gasteiger partial charge on any atom is 0.210 e. The van der Waals surface area contributed by atoms with E-state index in [9.17, 15) is 0 Å². The predicted molar refractivity (Wildman–Crippen MR) is 76.6 cm³/mol. The van der Waals surface area contributed by atoms with E-state index in [1.807, 2.05) is 0 Å². The molecule has 4 nitrogen and oxygen atoms in total. The summed E-state index contributed by atoms with van der Waals surface area (Å²) in [6.45, 7) is 5.03. The lowest BCUT2D eigenvalue weighted by Crippen LogP contribution is -2.36. The number of guanidine groups is 1. The Balaban J connectivity index is 2.05. The van der Waals surface area contributed by atoms with Gasteiger partial charge in [-0.25, -0.2) is 5.84 Å². The third-order valence-electron chi connectivity index (χ3n) is 3.11. The second kappa shape index (κ2) is 5.87. The number of benzene rings is 1. The molecule has 0 bridgehead atoms. The molecule has 0 saturated carbocycles. The quantitative estimate of drug-likeness (QED) is 0.331. The second-order valence-electron chi connectivity index (χ2n) is 5.19. The van der Waals surface area contributed by atoms with Gasteiger partial charge in [0.2, 0.25) is 5.96 Å². The SMILES string of the molecule is CC(C)CN=C(NN)Nc1ccc2c(c1)CCC2. The van der Waals surface area contributed by atoms with Crippen LogP contribution in [0.1, 0.15) is 31.4 Å². The van der Waals surface area contributed by atoms with Crippen molar-refractivity contribution in [3.63, 3.8) is 0 Å². The number of hydrogen-bond donors (Lipinski definition) is 3. The topological polar surface area (TPSA) is 62.4 Å². The summed E-state index contributed by atoms with van der Waals surface area (Å²) in [7, 11) is 0. The fraction of sp³-hybridized carbons (Fsp3) is 0.500. The van der Waals surface area contributed by atoms with Crippen LogP contribution in [0.4, 0.5) is 5.69 Å². The number of anilines is 1. The first-order chi connectivity index (χ1) is 8.69. The van der Waals surface area contributed by atoms with Crippen LogP contribution in [0.5, 0.6) is 0 Å². The zero-order valence-corrected chi connectivity index (χ0v) is 11.2. The van der Waals surface area contributed by atoms with Gasteiger partial charge >= 0.3 is 0 Å². The van der Waals surface area contributed by atoms with Gasteiger partial charge in [0, 0.05) is 12.2 Å². The van der Waals surface area contributed by atoms with E-state index in [2.05, 4.69) is 47.8 Å². The number of aryl methyl sites for hydroxylation is 2. The Hall–Kier alpha value is -1.55. The molecule has 0 heterocycles. The molecule has 0 fully saturated rings. The van der Waals surface area contributed by atoms with E-state index in [1.165, 1.54) is 30.4 Å². The van der Waals surface area contributed by atoms with E-state index in [1.54, 1.807) is 0 Å². The summed E-state index contributed by atoms with van der Waals surface area (Å²) in [5.41, 5.74) is 6.58. The lowest BCUT2D eigenvalue weighted by Gasteiger charge is -2.11. The van der Waals surface area contributed by atoms with Crippen LogP contribution in [0, 0.1) is 5.92 Å². The van der Waals surface area contributed by atoms with Crippen molar-refractivity contribution in [2.24, 2.45) is 16.8 Å². The highest BCUT2D eigenvalue weighted by molar-refractivity contribution is 5.93. The number of rotatable bonds is 3. The maximum atomic E-state index is 5.48. The summed E-state index contributed by atoms with van der Waals surface area (Å²) in [6.07, 6.45) is 3.65. The van der Waals surface area contributed by atoms with E-state index < -0.39 is 0 Å². The van der Waals surface area contributed by atoms with Gasteiger partial charge in [-0.2, -0.15) is 0 Å². The molecule has 0 aromatic heterocycles. The minimum Gasteiger partial charge on any atom is -0.325 e. The molecule has 1 aliphatic carbocycles. The molecule has 0 saturated heterocycles. The lowest BCUT2D eigenvalue weighted by molar-refractivity contribution is 0.663. The predicted octanol–water partition coefficient (Wildman–Crippen LogP) is 2.06. The summed E-state index contributed by atoms with van der Waals surface area (Å²) >= 11 is 0. The van der Waals surface area contributed by atoms with Gasteiger partial charge < -0.3 is 5.32 Å². The van der Waals surface area contributed by atoms with Gasteiger partial charge in [0.15, 0.2) is 0 Å². The minimum absolute atomic E-state index is 0.523. The second-order valence-corrected chi connectivity index (χ2v) is 5.19. The van der Waals surface area contributed by atoms with Crippen LogP contribution in [0.25, 0.3) is 0 Å². The standard InChI is InChI=1S/C14H22N4/c1-10(2)9-16-14(18-15)17-13-7-6-11-4-3-5-12(11)8-13/h6-8,10H,3-5,9,15H2,1-2H3,(H2,16,17,18). The number of nitrogens with one attached hydrogen (secondary N) is 2. The van der Waals surface area contributed by atoms with E-state index in [-0.39, 0.29) is 0 Å². The zero-order valence-electron chi connectivity index (χ0n) is 11.2. The molecule has 0 amide bonds. The molecule has 1 aromatic rings. The molecule has 0 spiro atoms. The summed E-state index contributed by atoms with van der Waals surface area (Å²) in [4.78, 5) is 4.40. The fourth-order valence-corrected chi connectivity index (χ4v) is 2.18. The van der Waals surface area contributed by atoms with Gasteiger partial charge in [0.25, 0.3) is 0 Å². The van der Waals surface area contributed by atoms with Gasteiger partial charge in [-0.3, -0.25) is 10.4 Å². The Bertz CT molecular complexity index is 437. The fourth-order valence-electron chi connectivity index (χ4n) is 2.18. The minimum atomic E-state index is 0.523. The molecule has 0 aliphatic heterocycles. The number of nitrogens with two attached hydrogens (primary N) is 1. The number of nitrogens with zero attached hydrogens (tertiary/aromatic N) is 1. The van der Waals surface area contributed by atoms with Crippen molar-refractivity contribution in [1.29, 1.82) is 0 Å². The van der Waals surface area contributed by atoms with Crippen LogP contribution in [0.15, 0.2) is 23.2 Å². The average molecular weight is 246 g/mol. The number of hydrazine groups is 1. The van der Waals surface area contributed by atoms with E-state index in [0.29, 0.717) is 11.9 Å². The Kier molecular flexibility index (Phi) is 4.20. The van der Waals surface area contributed by atoms with Crippen LogP contribution in [-0.2, 0) is 12.8 Å². The average Bonchev–Trinajstić information content (AvgIpc) is 2.81. The number of hydrogen-bond acceptors (Lipinski definition) is 2. The molecule has 1 aliphatic rings. The van der Waals surface area contributed by atoms with Crippen LogP contribution in [0.3, 0.4) is 0 Å². The largest absolute Gasteiger partial charge is 0.325 e. The van der Waals surface area contributed by atoms with Crippen molar-refractivity contribution in [3.8, 4) is 0 Å². The van der Waals surface area contributed by atoms with Gasteiger partial charge in [-0.15, -0.1) is 0 Å². The van der Waals surface area contributed by atoms with Crippen LogP contribution in [-0.4, -0.2) is 12.5 Å². The highest BCUT2D eigenvalue weighted by Crippen LogP contribution is 2.24. The molecule has 18 heavy (non-hydrogen) atoms. The van der Waals surface area contributed by atoms with E-state index in [4.69, 9.17) is 5.84 Å². The first kappa shape index (κ1) is 12.9. The smallest absolute Gasteiger partial charge is 0.210 e. The summed E-state index contributed by atoms with van der Waals surface area (Å²) in [5, 5.41) is 3.23. The highest BCUT2D eigenvalue weighted by Gasteiger charge is 2.11. The molecule has 0 radical (unpaired) electrons. The van der Waals surface area contributed by atoms with Gasteiger partial charge in [0.05, 0.1) is 0 Å². The molecule has 0 unspecified atom stereocenters. The monoisotopic (exact) mass is 246 g/mol. The van der Waals surface area contributed by atoms with Crippen molar-refractivity contribution in [1.82, 2.24) is 5.43 Å².